The van der Waals surface area contributed by atoms with Gasteiger partial charge in [-0.1, -0.05) is 48.5 Å². The summed E-state index contributed by atoms with van der Waals surface area (Å²) in [6.45, 7) is 0.790. The van der Waals surface area contributed by atoms with E-state index in [4.69, 9.17) is 9.47 Å². The molecule has 0 atom stereocenters. The lowest BCUT2D eigenvalue weighted by atomic mass is 9.71. The Hall–Kier alpha value is -3.46. The van der Waals surface area contributed by atoms with Gasteiger partial charge in [-0.2, -0.15) is 0 Å². The number of hydrogen-bond acceptors (Lipinski definition) is 5. The molecule has 6 rings (SSSR count). The van der Waals surface area contributed by atoms with Crippen LogP contribution in [0.15, 0.2) is 89.3 Å². The fourth-order valence-corrected chi connectivity index (χ4v) is 7.30. The number of rotatable bonds is 8. The van der Waals surface area contributed by atoms with E-state index in [2.05, 4.69) is 39.6 Å². The minimum Gasteiger partial charge on any atom is -0.493 e. The monoisotopic (exact) mass is 677 g/mol. The molecule has 0 saturated carbocycles. The minimum absolute atomic E-state index is 0.0553. The molecule has 5 nitrogen and oxygen atoms in total. The summed E-state index contributed by atoms with van der Waals surface area (Å²) in [5.41, 5.74) is 6.17. The lowest BCUT2D eigenvalue weighted by Gasteiger charge is -2.44. The van der Waals surface area contributed by atoms with Crippen molar-refractivity contribution in [2.24, 2.45) is 0 Å². The van der Waals surface area contributed by atoms with Crippen LogP contribution in [-0.4, -0.2) is 30.1 Å². The van der Waals surface area contributed by atoms with Crippen LogP contribution in [0.2, 0.25) is 0 Å². The number of Topliss-reactive ketones (excluding diaryl/α,β-unsaturated/α-hetero) is 2. The summed E-state index contributed by atoms with van der Waals surface area (Å²) in [6, 6.07) is 20.8. The topological polar surface area (TPSA) is 55.8 Å². The van der Waals surface area contributed by atoms with Crippen LogP contribution in [0.25, 0.3) is 0 Å². The zero-order valence-electron chi connectivity index (χ0n) is 23.6. The van der Waals surface area contributed by atoms with E-state index in [-0.39, 0.29) is 24.0 Å². The largest absolute Gasteiger partial charge is 0.493 e. The van der Waals surface area contributed by atoms with Gasteiger partial charge in [0.25, 0.3) is 0 Å². The second-order valence-electron chi connectivity index (χ2n) is 11.0. The number of halogens is 2. The van der Waals surface area contributed by atoms with Crippen LogP contribution in [0.1, 0.15) is 61.1 Å². The van der Waals surface area contributed by atoms with Crippen molar-refractivity contribution in [1.29, 1.82) is 0 Å². The smallest absolute Gasteiger partial charge is 0.174 e. The predicted octanol–water partition coefficient (Wildman–Crippen LogP) is 7.67. The van der Waals surface area contributed by atoms with Gasteiger partial charge in [0.15, 0.2) is 23.1 Å². The Kier molecular flexibility index (Phi) is 8.47. The lowest BCUT2D eigenvalue weighted by Crippen LogP contribution is -2.40. The third-order valence-corrected chi connectivity index (χ3v) is 9.27. The average Bonchev–Trinajstić information content (AvgIpc) is 3.00. The lowest BCUT2D eigenvalue weighted by molar-refractivity contribution is -0.117. The van der Waals surface area contributed by atoms with Crippen LogP contribution in [-0.2, 0) is 22.6 Å². The summed E-state index contributed by atoms with van der Waals surface area (Å²) < 4.78 is 26.9. The molecule has 1 heterocycles. The first-order valence-electron chi connectivity index (χ1n) is 14.5. The normalized spacial score (nSPS) is 17.4. The van der Waals surface area contributed by atoms with Gasteiger partial charge in [0.1, 0.15) is 12.4 Å². The van der Waals surface area contributed by atoms with Crippen LogP contribution >= 0.6 is 22.6 Å². The van der Waals surface area contributed by atoms with Gasteiger partial charge in [-0.3, -0.25) is 9.59 Å². The second-order valence-corrected chi connectivity index (χ2v) is 12.2. The fourth-order valence-electron chi connectivity index (χ4n) is 6.52. The van der Waals surface area contributed by atoms with Crippen LogP contribution in [0.3, 0.4) is 0 Å². The van der Waals surface area contributed by atoms with Gasteiger partial charge in [0.2, 0.25) is 0 Å². The van der Waals surface area contributed by atoms with E-state index in [1.54, 1.807) is 25.3 Å². The molecule has 0 N–H and O–H groups in total. The van der Waals surface area contributed by atoms with Crippen molar-refractivity contribution in [3.63, 3.8) is 0 Å². The maximum Gasteiger partial charge on any atom is 0.174 e. The molecule has 0 bridgehead atoms. The van der Waals surface area contributed by atoms with Crippen molar-refractivity contribution in [3.8, 4) is 11.5 Å². The zero-order chi connectivity index (χ0) is 29.2. The first-order valence-corrected chi connectivity index (χ1v) is 15.6. The Bertz CT molecular complexity index is 1550. The van der Waals surface area contributed by atoms with Gasteiger partial charge in [-0.05, 0) is 84.0 Å². The molecular formula is C35H33FINO4. The quantitative estimate of drug-likeness (QED) is 0.229. The molecule has 0 spiro atoms. The highest BCUT2D eigenvalue weighted by Crippen LogP contribution is 2.50. The summed E-state index contributed by atoms with van der Waals surface area (Å²) in [7, 11) is 1.57. The molecule has 0 saturated heterocycles. The Morgan fingerprint density at radius 2 is 1.52 bits per heavy atom. The molecule has 3 aromatic carbocycles. The number of ketones is 2. The Morgan fingerprint density at radius 3 is 2.17 bits per heavy atom. The first-order chi connectivity index (χ1) is 20.5. The molecular weight excluding hydrogens is 644 g/mol. The summed E-state index contributed by atoms with van der Waals surface area (Å²) in [5.74, 6) is 0.475. The molecule has 7 heteroatoms. The minimum atomic E-state index is -0.438. The molecule has 3 aromatic rings. The standard InChI is InChI=1S/C35H33FINO4/c1-41-31-20-24(19-26(37)35(31)42-21-23-11-5-6-12-25(23)36)32-33-27(13-7-15-29(33)39)38(18-17-22-9-3-2-4-10-22)28-14-8-16-30(40)34(28)32/h2-6,9-12,19-20,32H,7-8,13-18,21H2,1H3. The van der Waals surface area contributed by atoms with Crippen molar-refractivity contribution in [1.82, 2.24) is 4.90 Å². The van der Waals surface area contributed by atoms with E-state index < -0.39 is 5.92 Å². The highest BCUT2D eigenvalue weighted by molar-refractivity contribution is 14.1. The molecule has 0 radical (unpaired) electrons. The SMILES string of the molecule is COc1cc(C2C3=C(CCCC3=O)N(CCc3ccccc3)C3=C2C(=O)CCC3)cc(I)c1OCc1ccccc1F. The number of carbonyl (C=O) groups excluding carboxylic acids is 2. The number of carbonyl (C=O) groups is 2. The Morgan fingerprint density at radius 1 is 0.881 bits per heavy atom. The molecule has 0 amide bonds. The fraction of sp³-hybridized carbons (Fsp3) is 0.314. The maximum absolute atomic E-state index is 14.3. The second kappa shape index (κ2) is 12.4. The van der Waals surface area contributed by atoms with E-state index in [9.17, 15) is 14.0 Å². The van der Waals surface area contributed by atoms with E-state index in [0.717, 1.165) is 70.3 Å². The first kappa shape index (κ1) is 28.6. The molecule has 1 aliphatic heterocycles. The van der Waals surface area contributed by atoms with Crippen LogP contribution in [0, 0.1) is 9.39 Å². The molecule has 3 aliphatic rings. The van der Waals surface area contributed by atoms with Gasteiger partial charge < -0.3 is 14.4 Å². The van der Waals surface area contributed by atoms with E-state index >= 15 is 0 Å². The third kappa shape index (κ3) is 5.51. The average molecular weight is 678 g/mol. The third-order valence-electron chi connectivity index (χ3n) is 8.47. The van der Waals surface area contributed by atoms with Gasteiger partial charge in [-0.15, -0.1) is 0 Å². The molecule has 2 aliphatic carbocycles. The van der Waals surface area contributed by atoms with Crippen molar-refractivity contribution in [2.45, 2.75) is 57.5 Å². The van der Waals surface area contributed by atoms with Gasteiger partial charge in [0, 0.05) is 53.4 Å². The molecule has 42 heavy (non-hydrogen) atoms. The number of allylic oxidation sites excluding steroid dienone is 4. The molecule has 0 aromatic heterocycles. The van der Waals surface area contributed by atoms with Crippen molar-refractivity contribution < 1.29 is 23.5 Å². The summed E-state index contributed by atoms with van der Waals surface area (Å²) >= 11 is 2.20. The molecule has 0 fully saturated rings. The highest BCUT2D eigenvalue weighted by Gasteiger charge is 2.43. The zero-order valence-corrected chi connectivity index (χ0v) is 25.8. The van der Waals surface area contributed by atoms with Crippen LogP contribution in [0.4, 0.5) is 4.39 Å². The van der Waals surface area contributed by atoms with Gasteiger partial charge in [0.05, 0.1) is 10.7 Å². The molecule has 216 valence electrons. The number of benzene rings is 3. The van der Waals surface area contributed by atoms with E-state index in [0.29, 0.717) is 29.9 Å². The Labute approximate surface area is 259 Å². The predicted molar refractivity (Wildman–Crippen MR) is 168 cm³/mol. The number of nitrogens with zero attached hydrogens (tertiary/aromatic N) is 1. The number of methoxy groups -OCH3 is 1. The van der Waals surface area contributed by atoms with Crippen molar-refractivity contribution in [3.05, 3.63) is 115 Å². The van der Waals surface area contributed by atoms with Crippen molar-refractivity contribution in [2.75, 3.05) is 13.7 Å². The van der Waals surface area contributed by atoms with Gasteiger partial charge in [-0.25, -0.2) is 4.39 Å². The number of ether oxygens (including phenoxy) is 2. The maximum atomic E-state index is 14.3. The highest BCUT2D eigenvalue weighted by atomic mass is 127. The van der Waals surface area contributed by atoms with Gasteiger partial charge >= 0.3 is 0 Å². The van der Waals surface area contributed by atoms with E-state index in [1.165, 1.54) is 11.6 Å². The number of hydrogen-bond donors (Lipinski definition) is 0. The Balaban J connectivity index is 1.41. The summed E-state index contributed by atoms with van der Waals surface area (Å²) in [4.78, 5) is 29.7. The van der Waals surface area contributed by atoms with E-state index in [1.807, 2.05) is 30.3 Å². The summed E-state index contributed by atoms with van der Waals surface area (Å²) in [6.07, 6.45) is 5.05. The molecule has 0 unspecified atom stereocenters. The van der Waals surface area contributed by atoms with Crippen LogP contribution in [0.5, 0.6) is 11.5 Å². The van der Waals surface area contributed by atoms with Crippen LogP contribution < -0.4 is 9.47 Å². The van der Waals surface area contributed by atoms with Crippen molar-refractivity contribution >= 4 is 34.2 Å². The summed E-state index contributed by atoms with van der Waals surface area (Å²) in [5, 5.41) is 0.